The SMILES string of the molecule is CCN(CC)c1ccc(NC(=O)c2ccc(S(=O)(=O)CC)cc2)cn1. The maximum Gasteiger partial charge on any atom is 0.255 e. The van der Waals surface area contributed by atoms with Gasteiger partial charge in [0.2, 0.25) is 0 Å². The molecule has 0 saturated carbocycles. The van der Waals surface area contributed by atoms with Crippen molar-refractivity contribution in [3.8, 4) is 0 Å². The van der Waals surface area contributed by atoms with E-state index in [1.807, 2.05) is 6.07 Å². The number of pyridine rings is 1. The topological polar surface area (TPSA) is 79.4 Å². The summed E-state index contributed by atoms with van der Waals surface area (Å²) in [6.45, 7) is 7.43. The number of amides is 1. The molecule has 0 aliphatic carbocycles. The van der Waals surface area contributed by atoms with Crippen molar-refractivity contribution in [3.05, 3.63) is 48.2 Å². The molecule has 0 bridgehead atoms. The monoisotopic (exact) mass is 361 g/mol. The first-order valence-electron chi connectivity index (χ1n) is 8.26. The molecule has 0 saturated heterocycles. The smallest absolute Gasteiger partial charge is 0.255 e. The van der Waals surface area contributed by atoms with E-state index in [-0.39, 0.29) is 16.6 Å². The number of sulfone groups is 1. The van der Waals surface area contributed by atoms with E-state index in [9.17, 15) is 13.2 Å². The molecule has 2 rings (SSSR count). The summed E-state index contributed by atoms with van der Waals surface area (Å²) < 4.78 is 23.6. The second-order valence-corrected chi connectivity index (χ2v) is 7.74. The van der Waals surface area contributed by atoms with E-state index in [0.717, 1.165) is 18.9 Å². The minimum absolute atomic E-state index is 0.0309. The van der Waals surface area contributed by atoms with E-state index in [0.29, 0.717) is 11.3 Å². The van der Waals surface area contributed by atoms with Gasteiger partial charge in [-0.15, -0.1) is 0 Å². The Kier molecular flexibility index (Phi) is 6.14. The van der Waals surface area contributed by atoms with Gasteiger partial charge in [-0.05, 0) is 50.2 Å². The van der Waals surface area contributed by atoms with Gasteiger partial charge in [-0.25, -0.2) is 13.4 Å². The highest BCUT2D eigenvalue weighted by atomic mass is 32.2. The van der Waals surface area contributed by atoms with Crippen molar-refractivity contribution in [3.63, 3.8) is 0 Å². The highest BCUT2D eigenvalue weighted by Gasteiger charge is 2.13. The summed E-state index contributed by atoms with van der Waals surface area (Å²) in [6.07, 6.45) is 1.61. The molecule has 0 aliphatic heterocycles. The predicted molar refractivity (Wildman–Crippen MR) is 99.9 cm³/mol. The van der Waals surface area contributed by atoms with Gasteiger partial charge < -0.3 is 10.2 Å². The first-order valence-corrected chi connectivity index (χ1v) is 9.91. The first-order chi connectivity index (χ1) is 11.9. The minimum Gasteiger partial charge on any atom is -0.357 e. The number of aromatic nitrogens is 1. The summed E-state index contributed by atoms with van der Waals surface area (Å²) in [4.78, 5) is 19.0. The fraction of sp³-hybridized carbons (Fsp3) is 0.333. The van der Waals surface area contributed by atoms with Crippen LogP contribution in [0.1, 0.15) is 31.1 Å². The lowest BCUT2D eigenvalue weighted by molar-refractivity contribution is 0.102. The van der Waals surface area contributed by atoms with Crippen molar-refractivity contribution in [2.24, 2.45) is 0 Å². The van der Waals surface area contributed by atoms with Gasteiger partial charge in [0.15, 0.2) is 9.84 Å². The zero-order chi connectivity index (χ0) is 18.4. The number of nitrogens with zero attached hydrogens (tertiary/aromatic N) is 2. The summed E-state index contributed by atoms with van der Waals surface area (Å²) in [5.74, 6) is 0.582. The molecule has 6 nitrogen and oxygen atoms in total. The first kappa shape index (κ1) is 18.9. The van der Waals surface area contributed by atoms with E-state index < -0.39 is 9.84 Å². The molecule has 0 fully saturated rings. The van der Waals surface area contributed by atoms with E-state index in [1.165, 1.54) is 24.3 Å². The number of carbonyl (C=O) groups is 1. The second kappa shape index (κ2) is 8.11. The summed E-state index contributed by atoms with van der Waals surface area (Å²) in [5.41, 5.74) is 0.981. The Morgan fingerprint density at radius 1 is 1.04 bits per heavy atom. The summed E-state index contributed by atoms with van der Waals surface area (Å²) in [5, 5.41) is 2.76. The van der Waals surface area contributed by atoms with Crippen LogP contribution in [0.25, 0.3) is 0 Å². The third-order valence-electron chi connectivity index (χ3n) is 3.95. The fourth-order valence-corrected chi connectivity index (χ4v) is 3.26. The molecule has 1 amide bonds. The quantitative estimate of drug-likeness (QED) is 0.820. The standard InChI is InChI=1S/C18H23N3O3S/c1-4-21(5-2)17-12-9-15(13-19-17)20-18(22)14-7-10-16(11-8-14)25(23,24)6-3/h7-13H,4-6H2,1-3H3,(H,20,22). The zero-order valence-corrected chi connectivity index (χ0v) is 15.5. The largest absolute Gasteiger partial charge is 0.357 e. The number of hydrogen-bond acceptors (Lipinski definition) is 5. The lowest BCUT2D eigenvalue weighted by Gasteiger charge is -2.19. The van der Waals surface area contributed by atoms with Crippen molar-refractivity contribution < 1.29 is 13.2 Å². The van der Waals surface area contributed by atoms with Crippen molar-refractivity contribution in [2.45, 2.75) is 25.7 Å². The minimum atomic E-state index is -3.26. The van der Waals surface area contributed by atoms with Crippen molar-refractivity contribution in [1.29, 1.82) is 0 Å². The Morgan fingerprint density at radius 3 is 2.16 bits per heavy atom. The molecule has 1 heterocycles. The van der Waals surface area contributed by atoms with Crippen LogP contribution in [0.2, 0.25) is 0 Å². The highest BCUT2D eigenvalue weighted by molar-refractivity contribution is 7.91. The predicted octanol–water partition coefficient (Wildman–Crippen LogP) is 2.97. The highest BCUT2D eigenvalue weighted by Crippen LogP contribution is 2.16. The summed E-state index contributed by atoms with van der Waals surface area (Å²) in [6, 6.07) is 9.59. The van der Waals surface area contributed by atoms with Crippen LogP contribution < -0.4 is 10.2 Å². The number of anilines is 2. The Bertz CT molecular complexity index is 812. The van der Waals surface area contributed by atoms with Crippen molar-refractivity contribution >= 4 is 27.2 Å². The Hall–Kier alpha value is -2.41. The average Bonchev–Trinajstić information content (AvgIpc) is 2.64. The van der Waals surface area contributed by atoms with Crippen LogP contribution in [0.15, 0.2) is 47.5 Å². The van der Waals surface area contributed by atoms with E-state index >= 15 is 0 Å². The van der Waals surface area contributed by atoms with Crippen LogP contribution in [0, 0.1) is 0 Å². The third-order valence-corrected chi connectivity index (χ3v) is 5.70. The molecule has 1 aromatic carbocycles. The lowest BCUT2D eigenvalue weighted by atomic mass is 10.2. The lowest BCUT2D eigenvalue weighted by Crippen LogP contribution is -2.22. The van der Waals surface area contributed by atoms with Crippen molar-refractivity contribution in [1.82, 2.24) is 4.98 Å². The molecule has 0 radical (unpaired) electrons. The normalized spacial score (nSPS) is 11.2. The second-order valence-electron chi connectivity index (χ2n) is 5.46. The van der Waals surface area contributed by atoms with Gasteiger partial charge in [0.1, 0.15) is 5.82 Å². The fourth-order valence-electron chi connectivity index (χ4n) is 2.38. The van der Waals surface area contributed by atoms with E-state index in [4.69, 9.17) is 0 Å². The van der Waals surface area contributed by atoms with E-state index in [2.05, 4.69) is 29.0 Å². The van der Waals surface area contributed by atoms with Gasteiger partial charge in [-0.1, -0.05) is 6.92 Å². The van der Waals surface area contributed by atoms with Gasteiger partial charge >= 0.3 is 0 Å². The molecular weight excluding hydrogens is 338 g/mol. The van der Waals surface area contributed by atoms with Gasteiger partial charge in [0.25, 0.3) is 5.91 Å². The van der Waals surface area contributed by atoms with Crippen LogP contribution >= 0.6 is 0 Å². The van der Waals surface area contributed by atoms with E-state index in [1.54, 1.807) is 19.2 Å². The molecule has 2 aromatic rings. The molecule has 0 atom stereocenters. The average molecular weight is 361 g/mol. The van der Waals surface area contributed by atoms with Gasteiger partial charge in [-0.2, -0.15) is 0 Å². The Morgan fingerprint density at radius 2 is 1.68 bits per heavy atom. The summed E-state index contributed by atoms with van der Waals surface area (Å²) >= 11 is 0. The number of nitrogens with one attached hydrogen (secondary N) is 1. The van der Waals surface area contributed by atoms with Gasteiger partial charge in [-0.3, -0.25) is 4.79 Å². The molecule has 25 heavy (non-hydrogen) atoms. The molecule has 7 heteroatoms. The Labute approximate surface area is 148 Å². The van der Waals surface area contributed by atoms with Gasteiger partial charge in [0, 0.05) is 18.7 Å². The third kappa shape index (κ3) is 4.57. The molecule has 1 N–H and O–H groups in total. The van der Waals surface area contributed by atoms with Crippen LogP contribution in [0.4, 0.5) is 11.5 Å². The van der Waals surface area contributed by atoms with Gasteiger partial charge in [0.05, 0.1) is 22.5 Å². The maximum atomic E-state index is 12.3. The zero-order valence-electron chi connectivity index (χ0n) is 14.7. The summed E-state index contributed by atoms with van der Waals surface area (Å²) in [7, 11) is -3.26. The molecule has 0 unspecified atom stereocenters. The van der Waals surface area contributed by atoms with Crippen LogP contribution in [-0.4, -0.2) is 38.2 Å². The number of hydrogen-bond donors (Lipinski definition) is 1. The maximum absolute atomic E-state index is 12.3. The van der Waals surface area contributed by atoms with Crippen LogP contribution in [0.5, 0.6) is 0 Å². The molecule has 0 spiro atoms. The van der Waals surface area contributed by atoms with Crippen LogP contribution in [0.3, 0.4) is 0 Å². The Balaban J connectivity index is 2.09. The molecule has 134 valence electrons. The number of carbonyl (C=O) groups excluding carboxylic acids is 1. The number of rotatable bonds is 7. The molecule has 0 aliphatic rings. The van der Waals surface area contributed by atoms with Crippen molar-refractivity contribution in [2.75, 3.05) is 29.1 Å². The molecular formula is C18H23N3O3S. The van der Waals surface area contributed by atoms with Crippen LogP contribution in [-0.2, 0) is 9.84 Å². The molecule has 1 aromatic heterocycles. The number of benzene rings is 1.